The summed E-state index contributed by atoms with van der Waals surface area (Å²) in [6.45, 7) is 5.45. The van der Waals surface area contributed by atoms with Gasteiger partial charge in [0.2, 0.25) is 5.91 Å². The van der Waals surface area contributed by atoms with Gasteiger partial charge in [-0.25, -0.2) is 0 Å². The van der Waals surface area contributed by atoms with Crippen molar-refractivity contribution in [2.45, 2.75) is 19.8 Å². The Balaban J connectivity index is 2.98. The molecule has 1 aromatic rings. The summed E-state index contributed by atoms with van der Waals surface area (Å²) in [5.74, 6) is -0.306. The highest BCUT2D eigenvalue weighted by Crippen LogP contribution is 2.17. The van der Waals surface area contributed by atoms with Gasteiger partial charge < -0.3 is 5.32 Å². The number of nitriles is 1. The highest BCUT2D eigenvalue weighted by molar-refractivity contribution is 5.99. The van der Waals surface area contributed by atoms with Crippen LogP contribution in [0.15, 0.2) is 30.9 Å². The van der Waals surface area contributed by atoms with Crippen LogP contribution in [0.2, 0.25) is 0 Å². The number of hydrogen-bond acceptors (Lipinski definition) is 2. The van der Waals surface area contributed by atoms with Crippen LogP contribution in [-0.4, -0.2) is 5.91 Å². The first-order valence-corrected chi connectivity index (χ1v) is 5.17. The Hall–Kier alpha value is -2.08. The Morgan fingerprint density at radius 2 is 2.38 bits per heavy atom. The highest BCUT2D eigenvalue weighted by Gasteiger charge is 2.05. The molecule has 0 heterocycles. The van der Waals surface area contributed by atoms with Crippen molar-refractivity contribution in [3.05, 3.63) is 42.0 Å². The van der Waals surface area contributed by atoms with Crippen LogP contribution in [0.3, 0.4) is 0 Å². The molecule has 16 heavy (non-hydrogen) atoms. The van der Waals surface area contributed by atoms with E-state index in [2.05, 4.69) is 24.9 Å². The average molecular weight is 214 g/mol. The van der Waals surface area contributed by atoms with Gasteiger partial charge in [0.15, 0.2) is 0 Å². The zero-order chi connectivity index (χ0) is 12.0. The molecule has 0 aromatic heterocycles. The van der Waals surface area contributed by atoms with E-state index in [9.17, 15) is 4.79 Å². The summed E-state index contributed by atoms with van der Waals surface area (Å²) in [4.78, 5) is 11.1. The second kappa shape index (κ2) is 5.72. The van der Waals surface area contributed by atoms with E-state index in [1.807, 2.05) is 12.1 Å². The number of nitrogens with one attached hydrogen (secondary N) is 1. The van der Waals surface area contributed by atoms with Crippen LogP contribution >= 0.6 is 0 Å². The molecule has 0 radical (unpaired) electrons. The topological polar surface area (TPSA) is 52.9 Å². The van der Waals surface area contributed by atoms with Crippen molar-refractivity contribution < 1.29 is 4.79 Å². The third-order valence-corrected chi connectivity index (χ3v) is 2.19. The lowest BCUT2D eigenvalue weighted by molar-refractivity contribution is -0.111. The lowest BCUT2D eigenvalue weighted by Crippen LogP contribution is -2.08. The molecule has 0 unspecified atom stereocenters. The molecule has 0 aliphatic carbocycles. The van der Waals surface area contributed by atoms with Crippen LogP contribution in [0, 0.1) is 11.3 Å². The molecular formula is C13H14N2O. The molecule has 3 nitrogen and oxygen atoms in total. The fourth-order valence-electron chi connectivity index (χ4n) is 1.42. The van der Waals surface area contributed by atoms with Crippen molar-refractivity contribution in [2.75, 3.05) is 5.32 Å². The van der Waals surface area contributed by atoms with Crippen LogP contribution in [0.5, 0.6) is 0 Å². The molecule has 0 aliphatic heterocycles. The third kappa shape index (κ3) is 2.96. The molecule has 0 fully saturated rings. The summed E-state index contributed by atoms with van der Waals surface area (Å²) in [7, 11) is 0. The van der Waals surface area contributed by atoms with Crippen molar-refractivity contribution in [3.8, 4) is 6.07 Å². The van der Waals surface area contributed by atoms with Gasteiger partial charge in [-0.3, -0.25) is 4.79 Å². The number of aryl methyl sites for hydroxylation is 1. The van der Waals surface area contributed by atoms with E-state index in [0.717, 1.165) is 18.4 Å². The summed E-state index contributed by atoms with van der Waals surface area (Å²) in [5, 5.41) is 11.6. The zero-order valence-electron chi connectivity index (χ0n) is 9.29. The van der Waals surface area contributed by atoms with E-state index >= 15 is 0 Å². The Bertz CT molecular complexity index is 444. The van der Waals surface area contributed by atoms with Gasteiger partial charge in [-0.1, -0.05) is 26.0 Å². The largest absolute Gasteiger partial charge is 0.321 e. The van der Waals surface area contributed by atoms with Crippen molar-refractivity contribution in [2.24, 2.45) is 0 Å². The van der Waals surface area contributed by atoms with Crippen LogP contribution in [0.1, 0.15) is 24.5 Å². The minimum Gasteiger partial charge on any atom is -0.321 e. The van der Waals surface area contributed by atoms with Crippen molar-refractivity contribution in [3.63, 3.8) is 0 Å². The summed E-state index contributed by atoms with van der Waals surface area (Å²) in [5.41, 5.74) is 2.13. The second-order valence-corrected chi connectivity index (χ2v) is 3.44. The summed E-state index contributed by atoms with van der Waals surface area (Å²) < 4.78 is 0. The van der Waals surface area contributed by atoms with Crippen LogP contribution < -0.4 is 5.32 Å². The number of amides is 1. The van der Waals surface area contributed by atoms with Gasteiger partial charge in [0.25, 0.3) is 0 Å². The fraction of sp³-hybridized carbons (Fsp3) is 0.231. The average Bonchev–Trinajstić information content (AvgIpc) is 2.31. The van der Waals surface area contributed by atoms with Gasteiger partial charge in [-0.2, -0.15) is 5.26 Å². The molecule has 0 bridgehead atoms. The van der Waals surface area contributed by atoms with Gasteiger partial charge >= 0.3 is 0 Å². The highest BCUT2D eigenvalue weighted by atomic mass is 16.1. The SMILES string of the molecule is C=CC(=O)Nc1ccc(CCC)cc1C#N. The Morgan fingerprint density at radius 1 is 1.62 bits per heavy atom. The molecular weight excluding hydrogens is 200 g/mol. The number of benzene rings is 1. The van der Waals surface area contributed by atoms with E-state index in [4.69, 9.17) is 5.26 Å². The van der Waals surface area contributed by atoms with E-state index < -0.39 is 0 Å². The Labute approximate surface area is 95.4 Å². The maximum absolute atomic E-state index is 11.1. The van der Waals surface area contributed by atoms with Crippen molar-refractivity contribution in [1.29, 1.82) is 5.26 Å². The van der Waals surface area contributed by atoms with E-state index in [0.29, 0.717) is 11.3 Å². The van der Waals surface area contributed by atoms with Crippen molar-refractivity contribution in [1.82, 2.24) is 0 Å². The molecule has 1 N–H and O–H groups in total. The fourth-order valence-corrected chi connectivity index (χ4v) is 1.42. The smallest absolute Gasteiger partial charge is 0.247 e. The minimum atomic E-state index is -0.306. The first-order chi connectivity index (χ1) is 7.71. The van der Waals surface area contributed by atoms with Gasteiger partial charge in [-0.05, 0) is 30.2 Å². The number of nitrogens with zero attached hydrogens (tertiary/aromatic N) is 1. The molecule has 1 aromatic carbocycles. The van der Waals surface area contributed by atoms with Crippen LogP contribution in [0.25, 0.3) is 0 Å². The first kappa shape index (κ1) is 12.0. The first-order valence-electron chi connectivity index (χ1n) is 5.17. The number of hydrogen-bond donors (Lipinski definition) is 1. The standard InChI is InChI=1S/C13H14N2O/c1-3-5-10-6-7-12(11(8-10)9-14)15-13(16)4-2/h4,6-8H,2-3,5H2,1H3,(H,15,16). The lowest BCUT2D eigenvalue weighted by Gasteiger charge is -2.06. The number of rotatable bonds is 4. The molecule has 1 amide bonds. The Kier molecular flexibility index (Phi) is 4.28. The molecule has 0 saturated heterocycles. The van der Waals surface area contributed by atoms with Gasteiger partial charge in [-0.15, -0.1) is 0 Å². The summed E-state index contributed by atoms with van der Waals surface area (Å²) >= 11 is 0. The molecule has 0 spiro atoms. The summed E-state index contributed by atoms with van der Waals surface area (Å²) in [6, 6.07) is 7.56. The molecule has 0 aliphatic rings. The van der Waals surface area contributed by atoms with Gasteiger partial charge in [0, 0.05) is 0 Å². The van der Waals surface area contributed by atoms with Crippen LogP contribution in [-0.2, 0) is 11.2 Å². The minimum absolute atomic E-state index is 0.306. The van der Waals surface area contributed by atoms with E-state index in [1.54, 1.807) is 6.07 Å². The maximum Gasteiger partial charge on any atom is 0.247 e. The molecule has 3 heteroatoms. The second-order valence-electron chi connectivity index (χ2n) is 3.44. The molecule has 82 valence electrons. The predicted octanol–water partition coefficient (Wildman–Crippen LogP) is 2.64. The zero-order valence-corrected chi connectivity index (χ0v) is 9.29. The third-order valence-electron chi connectivity index (χ3n) is 2.19. The van der Waals surface area contributed by atoms with Gasteiger partial charge in [0.05, 0.1) is 11.3 Å². The lowest BCUT2D eigenvalue weighted by atomic mass is 10.1. The van der Waals surface area contributed by atoms with E-state index in [1.165, 1.54) is 6.08 Å². The van der Waals surface area contributed by atoms with Crippen LogP contribution in [0.4, 0.5) is 5.69 Å². The quantitative estimate of drug-likeness (QED) is 0.783. The maximum atomic E-state index is 11.1. The molecule has 1 rings (SSSR count). The van der Waals surface area contributed by atoms with E-state index in [-0.39, 0.29) is 5.91 Å². The van der Waals surface area contributed by atoms with Gasteiger partial charge in [0.1, 0.15) is 6.07 Å². The number of carbonyl (C=O) groups is 1. The number of anilines is 1. The molecule has 0 atom stereocenters. The normalized spacial score (nSPS) is 9.25. The predicted molar refractivity (Wildman–Crippen MR) is 64.0 cm³/mol. The summed E-state index contributed by atoms with van der Waals surface area (Å²) in [6.07, 6.45) is 3.15. The monoisotopic (exact) mass is 214 g/mol. The molecule has 0 saturated carbocycles. The number of carbonyl (C=O) groups excluding carboxylic acids is 1. The Morgan fingerprint density at radius 3 is 2.94 bits per heavy atom. The van der Waals surface area contributed by atoms with Crippen molar-refractivity contribution >= 4 is 11.6 Å².